The molecule has 0 aliphatic carbocycles. The molecule has 82 valence electrons. The average Bonchev–Trinajstić information content (AvgIpc) is 2.29. The number of hydrogen-bond donors (Lipinski definition) is 1. The zero-order valence-corrected chi connectivity index (χ0v) is 9.08. The molecule has 1 aromatic heterocycles. The van der Waals surface area contributed by atoms with E-state index < -0.39 is 0 Å². The zero-order chi connectivity index (χ0) is 11.5. The average molecular weight is 238 g/mol. The van der Waals surface area contributed by atoms with Crippen molar-refractivity contribution in [3.63, 3.8) is 0 Å². The van der Waals surface area contributed by atoms with Crippen molar-refractivity contribution in [1.29, 1.82) is 0 Å². The third kappa shape index (κ3) is 2.05. The first-order valence-corrected chi connectivity index (χ1v) is 5.11. The highest BCUT2D eigenvalue weighted by atomic mass is 35.5. The van der Waals surface area contributed by atoms with Crippen molar-refractivity contribution in [3.05, 3.63) is 52.9 Å². The highest BCUT2D eigenvalue weighted by Crippen LogP contribution is 2.23. The maximum absolute atomic E-state index is 13.5. The second-order valence-corrected chi connectivity index (χ2v) is 3.64. The maximum Gasteiger partial charge on any atom is 0.135 e. The smallest absolute Gasteiger partial charge is 0.135 e. The van der Waals surface area contributed by atoms with E-state index in [4.69, 9.17) is 16.7 Å². The minimum Gasteiger partial charge on any atom is -0.392 e. The number of rotatable bonds is 2. The molecule has 1 N–H and O–H groups in total. The molecule has 0 aliphatic heterocycles. The molecule has 1 heterocycles. The van der Waals surface area contributed by atoms with Crippen LogP contribution < -0.4 is 0 Å². The minimum absolute atomic E-state index is 0.177. The Hall–Kier alpha value is -1.45. The van der Waals surface area contributed by atoms with Crippen LogP contribution >= 0.6 is 11.6 Å². The molecule has 0 fully saturated rings. The van der Waals surface area contributed by atoms with E-state index >= 15 is 0 Å². The van der Waals surface area contributed by atoms with Crippen LogP contribution in [0.4, 0.5) is 4.39 Å². The molecule has 2 aromatic rings. The summed E-state index contributed by atoms with van der Waals surface area (Å²) in [6.07, 6.45) is 0. The van der Waals surface area contributed by atoms with Gasteiger partial charge >= 0.3 is 0 Å². The molecule has 16 heavy (non-hydrogen) atoms. The Morgan fingerprint density at radius 2 is 1.94 bits per heavy atom. The molecule has 1 aromatic carbocycles. The fourth-order valence-corrected chi connectivity index (χ4v) is 1.61. The van der Waals surface area contributed by atoms with Crippen LogP contribution in [0.15, 0.2) is 36.4 Å². The molecule has 0 saturated heterocycles. The molecule has 0 saturated carbocycles. The molecule has 0 radical (unpaired) electrons. The highest BCUT2D eigenvalue weighted by molar-refractivity contribution is 6.30. The van der Waals surface area contributed by atoms with Crippen LogP contribution in [-0.4, -0.2) is 10.1 Å². The van der Waals surface area contributed by atoms with E-state index in [0.29, 0.717) is 16.8 Å². The Kier molecular flexibility index (Phi) is 3.17. The van der Waals surface area contributed by atoms with E-state index in [0.717, 1.165) is 0 Å². The lowest BCUT2D eigenvalue weighted by Crippen LogP contribution is -1.92. The summed E-state index contributed by atoms with van der Waals surface area (Å²) in [5.41, 5.74) is 1.39. The van der Waals surface area contributed by atoms with Crippen LogP contribution in [0.2, 0.25) is 5.15 Å². The Morgan fingerprint density at radius 3 is 2.56 bits per heavy atom. The lowest BCUT2D eigenvalue weighted by Gasteiger charge is -2.05. The van der Waals surface area contributed by atoms with Crippen molar-refractivity contribution in [2.75, 3.05) is 0 Å². The van der Waals surface area contributed by atoms with E-state index in [2.05, 4.69) is 4.98 Å². The molecule has 0 spiro atoms. The summed E-state index contributed by atoms with van der Waals surface area (Å²) in [4.78, 5) is 4.04. The number of hydrogen-bond acceptors (Lipinski definition) is 2. The summed E-state index contributed by atoms with van der Waals surface area (Å²) in [6, 6.07) is 9.61. The molecular formula is C12H9ClFNO. The number of aliphatic hydroxyl groups is 1. The van der Waals surface area contributed by atoms with Crippen molar-refractivity contribution in [2.24, 2.45) is 0 Å². The van der Waals surface area contributed by atoms with E-state index in [1.807, 2.05) is 0 Å². The van der Waals surface area contributed by atoms with Crippen LogP contribution in [0.25, 0.3) is 11.3 Å². The Labute approximate surface area is 97.3 Å². The van der Waals surface area contributed by atoms with Crippen LogP contribution in [0.1, 0.15) is 5.56 Å². The summed E-state index contributed by atoms with van der Waals surface area (Å²) >= 11 is 5.84. The summed E-state index contributed by atoms with van der Waals surface area (Å²) in [6.45, 7) is -0.177. The Balaban J connectivity index is 2.50. The Bertz CT molecular complexity index is 516. The van der Waals surface area contributed by atoms with Gasteiger partial charge in [-0.05, 0) is 18.2 Å². The van der Waals surface area contributed by atoms with Crippen molar-refractivity contribution in [1.82, 2.24) is 4.98 Å². The van der Waals surface area contributed by atoms with E-state index in [1.54, 1.807) is 30.3 Å². The quantitative estimate of drug-likeness (QED) is 0.815. The third-order valence-electron chi connectivity index (χ3n) is 2.25. The van der Waals surface area contributed by atoms with Gasteiger partial charge in [0.25, 0.3) is 0 Å². The molecule has 2 rings (SSSR count). The number of aromatic nitrogens is 1. The monoisotopic (exact) mass is 237 g/mol. The lowest BCUT2D eigenvalue weighted by molar-refractivity contribution is 0.281. The van der Waals surface area contributed by atoms with Gasteiger partial charge in [-0.1, -0.05) is 29.8 Å². The largest absolute Gasteiger partial charge is 0.392 e. The molecular weight excluding hydrogens is 229 g/mol. The summed E-state index contributed by atoms with van der Waals surface area (Å²) < 4.78 is 13.5. The van der Waals surface area contributed by atoms with Gasteiger partial charge in [0, 0.05) is 11.1 Å². The van der Waals surface area contributed by atoms with Crippen LogP contribution in [0.3, 0.4) is 0 Å². The number of nitrogens with zero attached hydrogens (tertiary/aromatic N) is 1. The zero-order valence-electron chi connectivity index (χ0n) is 8.32. The van der Waals surface area contributed by atoms with Crippen molar-refractivity contribution in [2.45, 2.75) is 6.61 Å². The predicted octanol–water partition coefficient (Wildman–Crippen LogP) is 3.03. The molecule has 4 heteroatoms. The number of benzene rings is 1. The predicted molar refractivity (Wildman–Crippen MR) is 60.6 cm³/mol. The molecule has 2 nitrogen and oxygen atoms in total. The van der Waals surface area contributed by atoms with Gasteiger partial charge < -0.3 is 5.11 Å². The normalized spacial score (nSPS) is 10.4. The van der Waals surface area contributed by atoms with Crippen molar-refractivity contribution in [3.8, 4) is 11.3 Å². The summed E-state index contributed by atoms with van der Waals surface area (Å²) in [5, 5.41) is 9.13. The van der Waals surface area contributed by atoms with Crippen LogP contribution in [0, 0.1) is 5.82 Å². The van der Waals surface area contributed by atoms with E-state index in [1.165, 1.54) is 6.07 Å². The third-order valence-corrected chi connectivity index (χ3v) is 2.57. The van der Waals surface area contributed by atoms with Gasteiger partial charge in [0.1, 0.15) is 11.0 Å². The molecule has 0 atom stereocenters. The van der Waals surface area contributed by atoms with Gasteiger partial charge in [-0.3, -0.25) is 0 Å². The van der Waals surface area contributed by atoms with Gasteiger partial charge in [-0.2, -0.15) is 0 Å². The standard InChI is InChI=1S/C12H9ClFNO/c13-12-8(7-16)5-6-11(15-12)9-3-1-2-4-10(9)14/h1-6,16H,7H2. The van der Waals surface area contributed by atoms with Gasteiger partial charge in [0.2, 0.25) is 0 Å². The van der Waals surface area contributed by atoms with Crippen LogP contribution in [-0.2, 0) is 6.61 Å². The van der Waals surface area contributed by atoms with Crippen molar-refractivity contribution >= 4 is 11.6 Å². The second kappa shape index (κ2) is 4.60. The molecule has 0 aliphatic rings. The molecule has 0 unspecified atom stereocenters. The fourth-order valence-electron chi connectivity index (χ4n) is 1.40. The van der Waals surface area contributed by atoms with Gasteiger partial charge in [-0.15, -0.1) is 0 Å². The number of halogens is 2. The fraction of sp³-hybridized carbons (Fsp3) is 0.0833. The first kappa shape index (κ1) is 11.0. The SMILES string of the molecule is OCc1ccc(-c2ccccc2F)nc1Cl. The Morgan fingerprint density at radius 1 is 1.19 bits per heavy atom. The van der Waals surface area contributed by atoms with Gasteiger partial charge in [0.15, 0.2) is 0 Å². The number of pyridine rings is 1. The first-order chi connectivity index (χ1) is 7.72. The van der Waals surface area contributed by atoms with Crippen LogP contribution in [0.5, 0.6) is 0 Å². The first-order valence-electron chi connectivity index (χ1n) is 4.73. The van der Waals surface area contributed by atoms with E-state index in [9.17, 15) is 4.39 Å². The number of aliphatic hydroxyl groups excluding tert-OH is 1. The second-order valence-electron chi connectivity index (χ2n) is 3.28. The maximum atomic E-state index is 13.5. The van der Waals surface area contributed by atoms with Crippen molar-refractivity contribution < 1.29 is 9.50 Å². The topological polar surface area (TPSA) is 33.1 Å². The lowest BCUT2D eigenvalue weighted by atomic mass is 10.1. The van der Waals surface area contributed by atoms with Gasteiger partial charge in [-0.25, -0.2) is 9.37 Å². The molecule has 0 amide bonds. The van der Waals surface area contributed by atoms with E-state index in [-0.39, 0.29) is 17.6 Å². The van der Waals surface area contributed by atoms with Gasteiger partial charge in [0.05, 0.1) is 12.3 Å². The summed E-state index contributed by atoms with van der Waals surface area (Å²) in [7, 11) is 0. The molecule has 0 bridgehead atoms. The minimum atomic E-state index is -0.345. The summed E-state index contributed by atoms with van der Waals surface area (Å²) in [5.74, 6) is -0.345. The highest BCUT2D eigenvalue weighted by Gasteiger charge is 2.08.